The van der Waals surface area contributed by atoms with Crippen molar-refractivity contribution in [2.45, 2.75) is 31.3 Å². The number of hydrogen-bond donors (Lipinski definition) is 1. The highest BCUT2D eigenvalue weighted by atomic mass is 35.5. The largest absolute Gasteiger partial charge is 0.354 e. The number of rotatable bonds is 8. The monoisotopic (exact) mass is 469 g/mol. The molecule has 1 saturated heterocycles. The Morgan fingerprint density at radius 3 is 2.62 bits per heavy atom. The number of aromatic nitrogens is 3. The second-order valence-corrected chi connectivity index (χ2v) is 9.41. The van der Waals surface area contributed by atoms with E-state index < -0.39 is 0 Å². The van der Waals surface area contributed by atoms with Crippen LogP contribution in [-0.4, -0.2) is 57.5 Å². The van der Waals surface area contributed by atoms with E-state index >= 15 is 0 Å². The van der Waals surface area contributed by atoms with E-state index in [1.54, 1.807) is 0 Å². The van der Waals surface area contributed by atoms with Gasteiger partial charge in [0.25, 0.3) is 0 Å². The number of nitrogens with zero attached hydrogens (tertiary/aromatic N) is 4. The summed E-state index contributed by atoms with van der Waals surface area (Å²) in [6.45, 7) is 5.91. The van der Waals surface area contributed by atoms with Gasteiger partial charge in [0, 0.05) is 23.7 Å². The van der Waals surface area contributed by atoms with E-state index in [0.717, 1.165) is 36.7 Å². The number of carbonyl (C=O) groups is 1. The number of hydrogen-bond acceptors (Lipinski definition) is 5. The molecule has 1 amide bonds. The summed E-state index contributed by atoms with van der Waals surface area (Å²) in [6.07, 6.45) is 3.83. The molecule has 0 bridgehead atoms. The molecular formula is C24H28ClN5OS. The number of nitrogens with one attached hydrogen (secondary N) is 1. The molecule has 0 unspecified atom stereocenters. The van der Waals surface area contributed by atoms with Gasteiger partial charge in [-0.1, -0.05) is 65.7 Å². The molecular weight excluding hydrogens is 442 g/mol. The van der Waals surface area contributed by atoms with Gasteiger partial charge in [-0.15, -0.1) is 10.2 Å². The molecule has 1 aromatic heterocycles. The zero-order valence-corrected chi connectivity index (χ0v) is 19.8. The third-order valence-electron chi connectivity index (χ3n) is 5.54. The number of thioether (sulfide) groups is 1. The summed E-state index contributed by atoms with van der Waals surface area (Å²) >= 11 is 7.63. The van der Waals surface area contributed by atoms with Crippen LogP contribution >= 0.6 is 23.4 Å². The van der Waals surface area contributed by atoms with Crippen LogP contribution in [0.1, 0.15) is 24.8 Å². The number of piperidine rings is 1. The van der Waals surface area contributed by atoms with Crippen LogP contribution in [0.3, 0.4) is 0 Å². The fourth-order valence-corrected chi connectivity index (χ4v) is 4.78. The number of halogens is 1. The van der Waals surface area contributed by atoms with Crippen LogP contribution in [-0.2, 0) is 4.79 Å². The van der Waals surface area contributed by atoms with Gasteiger partial charge in [0.1, 0.15) is 0 Å². The van der Waals surface area contributed by atoms with Crippen LogP contribution < -0.4 is 5.32 Å². The third kappa shape index (κ3) is 5.91. The molecule has 0 spiro atoms. The van der Waals surface area contributed by atoms with E-state index in [2.05, 4.69) is 39.5 Å². The maximum Gasteiger partial charge on any atom is 0.230 e. The third-order valence-corrected chi connectivity index (χ3v) is 6.70. The molecule has 2 aromatic carbocycles. The first-order valence-corrected chi connectivity index (χ1v) is 12.4. The quantitative estimate of drug-likeness (QED) is 0.489. The summed E-state index contributed by atoms with van der Waals surface area (Å²) < 4.78 is 1.96. The van der Waals surface area contributed by atoms with Gasteiger partial charge in [-0.3, -0.25) is 9.36 Å². The molecule has 6 nitrogen and oxygen atoms in total. The fraction of sp³-hybridized carbons (Fsp3) is 0.375. The molecule has 1 N–H and O–H groups in total. The molecule has 168 valence electrons. The van der Waals surface area contributed by atoms with Crippen molar-refractivity contribution in [2.75, 3.05) is 31.9 Å². The fourth-order valence-electron chi connectivity index (χ4n) is 3.82. The minimum Gasteiger partial charge on any atom is -0.354 e. The van der Waals surface area contributed by atoms with Crippen LogP contribution in [0, 0.1) is 6.92 Å². The normalized spacial score (nSPS) is 14.4. The Balaban J connectivity index is 1.46. The predicted molar refractivity (Wildman–Crippen MR) is 131 cm³/mol. The molecule has 4 rings (SSSR count). The first kappa shape index (κ1) is 22.8. The van der Waals surface area contributed by atoms with E-state index in [0.29, 0.717) is 16.7 Å². The van der Waals surface area contributed by atoms with Crippen LogP contribution in [0.5, 0.6) is 0 Å². The molecule has 1 fully saturated rings. The van der Waals surface area contributed by atoms with Crippen molar-refractivity contribution < 1.29 is 4.79 Å². The van der Waals surface area contributed by atoms with Crippen molar-refractivity contribution in [3.05, 3.63) is 59.1 Å². The minimum atomic E-state index is 0.00420. The van der Waals surface area contributed by atoms with Gasteiger partial charge >= 0.3 is 0 Å². The van der Waals surface area contributed by atoms with Crippen molar-refractivity contribution in [1.29, 1.82) is 0 Å². The van der Waals surface area contributed by atoms with Gasteiger partial charge in [0.05, 0.1) is 11.4 Å². The highest BCUT2D eigenvalue weighted by molar-refractivity contribution is 7.99. The molecule has 2 heterocycles. The predicted octanol–water partition coefficient (Wildman–Crippen LogP) is 4.59. The van der Waals surface area contributed by atoms with Gasteiger partial charge < -0.3 is 10.2 Å². The van der Waals surface area contributed by atoms with Crippen molar-refractivity contribution in [1.82, 2.24) is 25.0 Å². The number of amides is 1. The van der Waals surface area contributed by atoms with Gasteiger partial charge in [-0.25, -0.2) is 0 Å². The number of carbonyl (C=O) groups excluding carboxylic acids is 1. The lowest BCUT2D eigenvalue weighted by Crippen LogP contribution is -2.38. The Bertz CT molecular complexity index is 1050. The summed E-state index contributed by atoms with van der Waals surface area (Å²) in [5.41, 5.74) is 3.00. The highest BCUT2D eigenvalue weighted by Crippen LogP contribution is 2.29. The van der Waals surface area contributed by atoms with Crippen LogP contribution in [0.25, 0.3) is 17.1 Å². The summed E-state index contributed by atoms with van der Waals surface area (Å²) in [5.74, 6) is 1.01. The number of benzene rings is 2. The van der Waals surface area contributed by atoms with E-state index in [-0.39, 0.29) is 11.7 Å². The maximum atomic E-state index is 12.4. The lowest BCUT2D eigenvalue weighted by atomic mass is 10.1. The second kappa shape index (κ2) is 11.0. The Labute approximate surface area is 198 Å². The van der Waals surface area contributed by atoms with Crippen molar-refractivity contribution >= 4 is 29.3 Å². The second-order valence-electron chi connectivity index (χ2n) is 8.03. The average molecular weight is 470 g/mol. The lowest BCUT2D eigenvalue weighted by Gasteiger charge is -2.26. The minimum absolute atomic E-state index is 0.00420. The Morgan fingerprint density at radius 2 is 1.88 bits per heavy atom. The SMILES string of the molecule is Cc1ccc(-c2nnc(SCC(=O)NCCN3CCCCC3)n2-c2cccc(Cl)c2)cc1. The molecule has 1 aliphatic heterocycles. The Morgan fingerprint density at radius 1 is 1.09 bits per heavy atom. The van der Waals surface area contributed by atoms with Crippen LogP contribution in [0.4, 0.5) is 0 Å². The zero-order chi connectivity index (χ0) is 22.3. The number of likely N-dealkylation sites (tertiary alicyclic amines) is 1. The Hall–Kier alpha value is -2.35. The van der Waals surface area contributed by atoms with E-state index in [1.807, 2.05) is 41.0 Å². The smallest absolute Gasteiger partial charge is 0.230 e. The summed E-state index contributed by atoms with van der Waals surface area (Å²) in [4.78, 5) is 14.9. The molecule has 0 aliphatic carbocycles. The average Bonchev–Trinajstić information content (AvgIpc) is 3.23. The van der Waals surface area contributed by atoms with E-state index in [9.17, 15) is 4.79 Å². The molecule has 1 aliphatic rings. The Kier molecular flexibility index (Phi) is 7.84. The van der Waals surface area contributed by atoms with Crippen LogP contribution in [0.15, 0.2) is 53.7 Å². The maximum absolute atomic E-state index is 12.4. The van der Waals surface area contributed by atoms with Gasteiger partial charge in [-0.05, 0) is 51.1 Å². The van der Waals surface area contributed by atoms with Gasteiger partial charge in [0.15, 0.2) is 11.0 Å². The molecule has 32 heavy (non-hydrogen) atoms. The van der Waals surface area contributed by atoms with Crippen LogP contribution in [0.2, 0.25) is 5.02 Å². The first-order valence-electron chi connectivity index (χ1n) is 11.0. The molecule has 0 saturated carbocycles. The first-order chi connectivity index (χ1) is 15.6. The van der Waals surface area contributed by atoms with Gasteiger partial charge in [-0.2, -0.15) is 0 Å². The standard InChI is InChI=1S/C24H28ClN5OS/c1-18-8-10-19(11-9-18)23-27-28-24(30(23)21-7-5-6-20(25)16-21)32-17-22(31)26-12-15-29-13-3-2-4-14-29/h5-11,16H,2-4,12-15,17H2,1H3,(H,26,31). The summed E-state index contributed by atoms with van der Waals surface area (Å²) in [5, 5.41) is 13.2. The topological polar surface area (TPSA) is 63.1 Å². The van der Waals surface area contributed by atoms with Crippen molar-refractivity contribution in [3.8, 4) is 17.1 Å². The molecule has 8 heteroatoms. The molecule has 3 aromatic rings. The highest BCUT2D eigenvalue weighted by Gasteiger charge is 2.18. The summed E-state index contributed by atoms with van der Waals surface area (Å²) in [7, 11) is 0. The summed E-state index contributed by atoms with van der Waals surface area (Å²) in [6, 6.07) is 15.7. The van der Waals surface area contributed by atoms with Gasteiger partial charge in [0.2, 0.25) is 5.91 Å². The van der Waals surface area contributed by atoms with E-state index in [4.69, 9.17) is 11.6 Å². The molecule has 0 atom stereocenters. The van der Waals surface area contributed by atoms with Crippen molar-refractivity contribution in [2.24, 2.45) is 0 Å². The van der Waals surface area contributed by atoms with E-state index in [1.165, 1.54) is 36.6 Å². The lowest BCUT2D eigenvalue weighted by molar-refractivity contribution is -0.118. The molecule has 0 radical (unpaired) electrons. The van der Waals surface area contributed by atoms with Crippen molar-refractivity contribution in [3.63, 3.8) is 0 Å². The number of aryl methyl sites for hydroxylation is 1. The zero-order valence-electron chi connectivity index (χ0n) is 18.3.